The number of carbonyl (C=O) groups excluding carboxylic acids is 2. The molecule has 5 rings (SSSR count). The van der Waals surface area contributed by atoms with Crippen molar-refractivity contribution in [2.24, 2.45) is 0 Å². The van der Waals surface area contributed by atoms with E-state index >= 15 is 0 Å². The van der Waals surface area contributed by atoms with Crippen LogP contribution < -0.4 is 14.5 Å². The standard InChI is InChI=1S/C27H33FN4O3/c1-2-35-24-9-7-23(8-10-24)32-26(33)19-25(27(32)34)31-13-11-22(12-14-31)30-17-15-29(16-18-30)21-5-3-20(28)4-6-21/h3-10,22,25H,2,11-19H2,1H3/t25-/m0/s1. The minimum Gasteiger partial charge on any atom is -0.494 e. The quantitative estimate of drug-likeness (QED) is 0.593. The molecule has 8 heteroatoms. The summed E-state index contributed by atoms with van der Waals surface area (Å²) in [6.07, 6.45) is 2.24. The van der Waals surface area contributed by atoms with Crippen LogP contribution >= 0.6 is 0 Å². The molecule has 3 aliphatic rings. The minimum absolute atomic E-state index is 0.120. The van der Waals surface area contributed by atoms with E-state index in [4.69, 9.17) is 4.74 Å². The molecular weight excluding hydrogens is 447 g/mol. The number of anilines is 2. The third-order valence-corrected chi connectivity index (χ3v) is 7.49. The molecule has 0 saturated carbocycles. The summed E-state index contributed by atoms with van der Waals surface area (Å²) in [6.45, 7) is 7.96. The molecule has 3 heterocycles. The lowest BCUT2D eigenvalue weighted by Gasteiger charge is -2.44. The maximum absolute atomic E-state index is 13.2. The topological polar surface area (TPSA) is 56.3 Å². The van der Waals surface area contributed by atoms with Crippen LogP contribution in [0.15, 0.2) is 48.5 Å². The van der Waals surface area contributed by atoms with Gasteiger partial charge in [-0.15, -0.1) is 0 Å². The third kappa shape index (κ3) is 5.04. The highest BCUT2D eigenvalue weighted by molar-refractivity contribution is 6.22. The first-order valence-corrected chi connectivity index (χ1v) is 12.6. The van der Waals surface area contributed by atoms with Crippen LogP contribution in [0.2, 0.25) is 0 Å². The van der Waals surface area contributed by atoms with Crippen LogP contribution in [0.1, 0.15) is 26.2 Å². The Balaban J connectivity index is 1.13. The first kappa shape index (κ1) is 23.8. The van der Waals surface area contributed by atoms with Gasteiger partial charge >= 0.3 is 0 Å². The van der Waals surface area contributed by atoms with Crippen molar-refractivity contribution in [1.82, 2.24) is 9.80 Å². The molecule has 0 unspecified atom stereocenters. The zero-order valence-electron chi connectivity index (χ0n) is 20.2. The van der Waals surface area contributed by atoms with E-state index in [9.17, 15) is 14.0 Å². The van der Waals surface area contributed by atoms with Crippen molar-refractivity contribution in [1.29, 1.82) is 0 Å². The predicted octanol–water partition coefficient (Wildman–Crippen LogP) is 3.14. The molecule has 1 atom stereocenters. The van der Waals surface area contributed by atoms with Crippen LogP contribution in [0.4, 0.5) is 15.8 Å². The highest BCUT2D eigenvalue weighted by atomic mass is 19.1. The lowest BCUT2D eigenvalue weighted by Crippen LogP contribution is -2.55. The number of carbonyl (C=O) groups is 2. The van der Waals surface area contributed by atoms with Gasteiger partial charge < -0.3 is 9.64 Å². The second kappa shape index (κ2) is 10.3. The second-order valence-corrected chi connectivity index (χ2v) is 9.48. The molecular formula is C27H33FN4O3. The minimum atomic E-state index is -0.370. The molecule has 35 heavy (non-hydrogen) atoms. The average Bonchev–Trinajstić information content (AvgIpc) is 3.19. The van der Waals surface area contributed by atoms with E-state index in [1.54, 1.807) is 24.3 Å². The molecule has 0 radical (unpaired) electrons. The Morgan fingerprint density at radius 2 is 1.46 bits per heavy atom. The van der Waals surface area contributed by atoms with Gasteiger partial charge in [-0.2, -0.15) is 0 Å². The number of ether oxygens (including phenoxy) is 1. The van der Waals surface area contributed by atoms with Gasteiger partial charge in [-0.25, -0.2) is 9.29 Å². The highest BCUT2D eigenvalue weighted by Gasteiger charge is 2.44. The summed E-state index contributed by atoms with van der Waals surface area (Å²) in [6, 6.07) is 14.0. The van der Waals surface area contributed by atoms with Crippen molar-refractivity contribution in [2.45, 2.75) is 38.3 Å². The monoisotopic (exact) mass is 480 g/mol. The Morgan fingerprint density at radius 1 is 0.829 bits per heavy atom. The molecule has 3 aliphatic heterocycles. The summed E-state index contributed by atoms with van der Waals surface area (Å²) in [7, 11) is 0. The molecule has 0 N–H and O–H groups in total. The van der Waals surface area contributed by atoms with Gasteiger partial charge in [-0.1, -0.05) is 0 Å². The number of imide groups is 1. The van der Waals surface area contributed by atoms with Gasteiger partial charge in [0.1, 0.15) is 11.6 Å². The fourth-order valence-electron chi connectivity index (χ4n) is 5.59. The maximum Gasteiger partial charge on any atom is 0.251 e. The number of piperidine rings is 1. The van der Waals surface area contributed by atoms with Crippen LogP contribution in [-0.2, 0) is 9.59 Å². The Bertz CT molecular complexity index is 1030. The number of halogens is 1. The first-order chi connectivity index (χ1) is 17.0. The Morgan fingerprint density at radius 3 is 2.09 bits per heavy atom. The average molecular weight is 481 g/mol. The zero-order chi connectivity index (χ0) is 24.4. The SMILES string of the molecule is CCOc1ccc(N2C(=O)C[C@H](N3CCC(N4CCN(c5ccc(F)cc5)CC4)CC3)C2=O)cc1. The lowest BCUT2D eigenvalue weighted by atomic mass is 10.00. The van der Waals surface area contributed by atoms with Crippen molar-refractivity contribution < 1.29 is 18.7 Å². The summed E-state index contributed by atoms with van der Waals surface area (Å²) < 4.78 is 18.7. The largest absolute Gasteiger partial charge is 0.494 e. The van der Waals surface area contributed by atoms with Gasteiger partial charge in [0, 0.05) is 51.0 Å². The molecule has 0 bridgehead atoms. The summed E-state index contributed by atoms with van der Waals surface area (Å²) in [5.41, 5.74) is 1.68. The smallest absolute Gasteiger partial charge is 0.251 e. The van der Waals surface area contributed by atoms with E-state index in [0.29, 0.717) is 18.3 Å². The number of amides is 2. The Kier molecular flexibility index (Phi) is 7.02. The molecule has 0 aromatic heterocycles. The van der Waals surface area contributed by atoms with Crippen LogP contribution in [0.25, 0.3) is 0 Å². The van der Waals surface area contributed by atoms with E-state index < -0.39 is 0 Å². The molecule has 3 fully saturated rings. The van der Waals surface area contributed by atoms with Gasteiger partial charge in [-0.05, 0) is 68.3 Å². The number of nitrogens with zero attached hydrogens (tertiary/aromatic N) is 4. The molecule has 0 aliphatic carbocycles. The van der Waals surface area contributed by atoms with E-state index in [1.165, 1.54) is 17.0 Å². The van der Waals surface area contributed by atoms with Crippen LogP contribution in [0.5, 0.6) is 5.75 Å². The van der Waals surface area contributed by atoms with Crippen LogP contribution in [-0.4, -0.2) is 79.6 Å². The molecule has 3 saturated heterocycles. The molecule has 2 amide bonds. The van der Waals surface area contributed by atoms with Crippen LogP contribution in [0, 0.1) is 5.82 Å². The van der Waals surface area contributed by atoms with Gasteiger partial charge in [-0.3, -0.25) is 19.4 Å². The molecule has 2 aromatic rings. The third-order valence-electron chi connectivity index (χ3n) is 7.49. The van der Waals surface area contributed by atoms with Gasteiger partial charge in [0.05, 0.1) is 24.8 Å². The summed E-state index contributed by atoms with van der Waals surface area (Å²) >= 11 is 0. The Labute approximate surface area is 206 Å². The van der Waals surface area contributed by atoms with Gasteiger partial charge in [0.2, 0.25) is 5.91 Å². The predicted molar refractivity (Wildman–Crippen MR) is 133 cm³/mol. The maximum atomic E-state index is 13.2. The van der Waals surface area contributed by atoms with Crippen molar-refractivity contribution in [3.8, 4) is 5.75 Å². The van der Waals surface area contributed by atoms with E-state index in [0.717, 1.165) is 63.5 Å². The van der Waals surface area contributed by atoms with Crippen molar-refractivity contribution in [2.75, 3.05) is 55.7 Å². The number of rotatable bonds is 6. The van der Waals surface area contributed by atoms with E-state index in [-0.39, 0.29) is 30.1 Å². The summed E-state index contributed by atoms with van der Waals surface area (Å²) in [5.74, 6) is 0.269. The van der Waals surface area contributed by atoms with Crippen molar-refractivity contribution in [3.05, 3.63) is 54.3 Å². The highest BCUT2D eigenvalue weighted by Crippen LogP contribution is 2.30. The van der Waals surface area contributed by atoms with Crippen LogP contribution in [0.3, 0.4) is 0 Å². The lowest BCUT2D eigenvalue weighted by molar-refractivity contribution is -0.123. The van der Waals surface area contributed by atoms with E-state index in [2.05, 4.69) is 14.7 Å². The van der Waals surface area contributed by atoms with Gasteiger partial charge in [0.25, 0.3) is 5.91 Å². The normalized spacial score (nSPS) is 22.7. The number of likely N-dealkylation sites (tertiary alicyclic amines) is 1. The van der Waals surface area contributed by atoms with E-state index in [1.807, 2.05) is 19.1 Å². The number of piperazine rings is 1. The molecule has 186 valence electrons. The Hall–Kier alpha value is -2.97. The second-order valence-electron chi connectivity index (χ2n) is 9.48. The number of benzene rings is 2. The fraction of sp³-hybridized carbons (Fsp3) is 0.481. The number of hydrogen-bond donors (Lipinski definition) is 0. The first-order valence-electron chi connectivity index (χ1n) is 12.6. The molecule has 0 spiro atoms. The van der Waals surface area contributed by atoms with Crippen molar-refractivity contribution >= 4 is 23.2 Å². The number of hydrogen-bond acceptors (Lipinski definition) is 6. The molecule has 7 nitrogen and oxygen atoms in total. The summed E-state index contributed by atoms with van der Waals surface area (Å²) in [5, 5.41) is 0. The fourth-order valence-corrected chi connectivity index (χ4v) is 5.59. The molecule has 2 aromatic carbocycles. The van der Waals surface area contributed by atoms with Gasteiger partial charge in [0.15, 0.2) is 0 Å². The summed E-state index contributed by atoms with van der Waals surface area (Å²) in [4.78, 5) is 34.3. The zero-order valence-corrected chi connectivity index (χ0v) is 20.2. The van der Waals surface area contributed by atoms with Crippen molar-refractivity contribution in [3.63, 3.8) is 0 Å².